The molecule has 0 spiro atoms. The molecule has 3 aliphatic rings. The van der Waals surface area contributed by atoms with Crippen molar-refractivity contribution in [3.05, 3.63) is 35.9 Å². The molecule has 2 aliphatic heterocycles. The van der Waals surface area contributed by atoms with Crippen LogP contribution in [0.4, 0.5) is 4.79 Å². The maximum absolute atomic E-state index is 14.2. The highest BCUT2D eigenvalue weighted by molar-refractivity contribution is 6.38. The fraction of sp³-hybridized carbons (Fsp3) is 0.675. The van der Waals surface area contributed by atoms with E-state index in [1.165, 1.54) is 9.80 Å². The number of fused-ring (bicyclic) bond motifs is 3. The highest BCUT2D eigenvalue weighted by Crippen LogP contribution is 2.65. The first kappa shape index (κ1) is 42.3. The number of Topliss-reactive ketones (excluding diaryl/α,β-unsaturated/α-hetero) is 1. The van der Waals surface area contributed by atoms with Crippen LogP contribution >= 0.6 is 0 Å². The monoisotopic (exact) mass is 752 g/mol. The molecule has 1 aromatic rings. The number of carbonyl (C=O) groups excluding carboxylic acids is 7. The minimum Gasteiger partial charge on any atom is -0.444 e. The van der Waals surface area contributed by atoms with E-state index in [0.717, 1.165) is 44.9 Å². The van der Waals surface area contributed by atoms with Crippen LogP contribution in [0, 0.1) is 17.3 Å². The molecule has 0 aromatic heterocycles. The van der Waals surface area contributed by atoms with Gasteiger partial charge in [0.2, 0.25) is 29.4 Å². The summed E-state index contributed by atoms with van der Waals surface area (Å²) in [4.78, 5) is 96.9. The quantitative estimate of drug-likeness (QED) is 0.292. The zero-order chi connectivity index (χ0) is 39.8. The third kappa shape index (κ3) is 11.0. The number of rotatable bonds is 8. The van der Waals surface area contributed by atoms with Crippen molar-refractivity contribution in [3.8, 4) is 0 Å². The molecule has 14 heteroatoms. The van der Waals surface area contributed by atoms with Crippen molar-refractivity contribution in [2.24, 2.45) is 17.3 Å². The Bertz CT molecular complexity index is 1540. The summed E-state index contributed by atoms with van der Waals surface area (Å²) in [6, 6.07) is 4.71. The predicted molar refractivity (Wildman–Crippen MR) is 202 cm³/mol. The van der Waals surface area contributed by atoms with Gasteiger partial charge in [0.15, 0.2) is 0 Å². The van der Waals surface area contributed by atoms with Crippen LogP contribution in [0.15, 0.2) is 30.3 Å². The second-order valence-corrected chi connectivity index (χ2v) is 16.7. The van der Waals surface area contributed by atoms with Crippen molar-refractivity contribution < 1.29 is 38.3 Å². The molecule has 6 amide bonds. The highest BCUT2D eigenvalue weighted by Gasteiger charge is 2.69. The Morgan fingerprint density at radius 3 is 2.11 bits per heavy atom. The number of alkyl carbamates (subject to hydrolysis) is 1. The SMILES string of the molecule is CN(C)C(=O)[C@@H](NC(=O)CNC(=O)C(=O)[C@@H]1CCCCCCCCCC[C@H](NC(=O)OC(C)(C)C)C(=O)N2CC3C([C@H]2C(=O)N1)C3(C)C)c1ccccc1. The summed E-state index contributed by atoms with van der Waals surface area (Å²) >= 11 is 0. The molecule has 54 heavy (non-hydrogen) atoms. The normalized spacial score (nSPS) is 25.4. The number of ether oxygens (including phenoxy) is 1. The Morgan fingerprint density at radius 1 is 0.926 bits per heavy atom. The van der Waals surface area contributed by atoms with Crippen LogP contribution in [0.3, 0.4) is 0 Å². The Balaban J connectivity index is 1.50. The van der Waals surface area contributed by atoms with E-state index >= 15 is 0 Å². The van der Waals surface area contributed by atoms with Gasteiger partial charge in [-0.05, 0) is 56.4 Å². The molecular weight excluding hydrogens is 692 g/mol. The molecule has 0 radical (unpaired) electrons. The van der Waals surface area contributed by atoms with Crippen molar-refractivity contribution in [2.45, 2.75) is 129 Å². The fourth-order valence-electron chi connectivity index (χ4n) is 7.81. The average molecular weight is 753 g/mol. The first-order valence-corrected chi connectivity index (χ1v) is 19.4. The highest BCUT2D eigenvalue weighted by atomic mass is 16.6. The largest absolute Gasteiger partial charge is 0.444 e. The zero-order valence-electron chi connectivity index (χ0n) is 33.0. The van der Waals surface area contributed by atoms with E-state index in [1.54, 1.807) is 65.2 Å². The number of piperidine rings is 1. The molecule has 14 nitrogen and oxygen atoms in total. The maximum Gasteiger partial charge on any atom is 0.408 e. The minimum absolute atomic E-state index is 0.0556. The van der Waals surface area contributed by atoms with Crippen LogP contribution in [0.2, 0.25) is 0 Å². The molecule has 3 fully saturated rings. The Labute approximate surface area is 319 Å². The summed E-state index contributed by atoms with van der Waals surface area (Å²) < 4.78 is 5.48. The van der Waals surface area contributed by atoms with Gasteiger partial charge in [0, 0.05) is 20.6 Å². The van der Waals surface area contributed by atoms with Crippen molar-refractivity contribution >= 4 is 41.4 Å². The van der Waals surface area contributed by atoms with Gasteiger partial charge in [-0.15, -0.1) is 0 Å². The molecule has 0 bridgehead atoms. The molecule has 1 saturated carbocycles. The molecule has 4 rings (SSSR count). The van der Waals surface area contributed by atoms with Crippen LogP contribution < -0.4 is 21.3 Å². The summed E-state index contributed by atoms with van der Waals surface area (Å²) in [6.45, 7) is 9.09. The number of benzene rings is 1. The predicted octanol–water partition coefficient (Wildman–Crippen LogP) is 3.39. The lowest BCUT2D eigenvalue weighted by Crippen LogP contribution is -2.58. The van der Waals surface area contributed by atoms with Gasteiger partial charge in [-0.1, -0.05) is 95.5 Å². The van der Waals surface area contributed by atoms with E-state index in [-0.39, 0.29) is 35.5 Å². The molecule has 1 aromatic carbocycles. The van der Waals surface area contributed by atoms with Crippen molar-refractivity contribution in [2.75, 3.05) is 27.2 Å². The van der Waals surface area contributed by atoms with E-state index in [4.69, 9.17) is 4.74 Å². The molecule has 6 atom stereocenters. The summed E-state index contributed by atoms with van der Waals surface area (Å²) in [7, 11) is 3.14. The lowest BCUT2D eigenvalue weighted by atomic mass is 9.97. The van der Waals surface area contributed by atoms with E-state index in [9.17, 15) is 33.6 Å². The third-order valence-electron chi connectivity index (χ3n) is 10.9. The van der Waals surface area contributed by atoms with E-state index < -0.39 is 65.9 Å². The van der Waals surface area contributed by atoms with Crippen molar-refractivity contribution in [1.29, 1.82) is 0 Å². The van der Waals surface area contributed by atoms with E-state index in [0.29, 0.717) is 24.9 Å². The van der Waals surface area contributed by atoms with Gasteiger partial charge >= 0.3 is 6.09 Å². The zero-order valence-corrected chi connectivity index (χ0v) is 33.0. The number of amides is 6. The molecular formula is C40H60N6O8. The standard InChI is InChI=1S/C40H60N6O8/c1-39(2,3)54-38(53)43-28-22-18-13-11-9-8-10-12-17-21-27(42-34(49)32-30-26(40(30,4)5)24-46(32)36(28)51)33(48)35(50)41-23-29(47)44-31(37(52)45(6)7)25-19-15-14-16-20-25/h14-16,19-20,26-28,30-32H,8-13,17-18,21-24H2,1-7H3,(H,41,50)(H,42,49)(H,43,53)(H,44,47)/t26?,27-,28-,30?,31-,32-/m0/s1. The number of carbonyl (C=O) groups is 7. The minimum atomic E-state index is -1.18. The number of nitrogens with one attached hydrogen (secondary N) is 4. The second kappa shape index (κ2) is 18.2. The fourth-order valence-corrected chi connectivity index (χ4v) is 7.81. The van der Waals surface area contributed by atoms with Gasteiger partial charge in [0.25, 0.3) is 5.91 Å². The van der Waals surface area contributed by atoms with E-state index in [1.807, 2.05) is 13.8 Å². The van der Waals surface area contributed by atoms with Gasteiger partial charge in [0.1, 0.15) is 23.7 Å². The lowest BCUT2D eigenvalue weighted by Gasteiger charge is -2.34. The molecule has 298 valence electrons. The maximum atomic E-state index is 14.2. The molecule has 4 N–H and O–H groups in total. The molecule has 2 saturated heterocycles. The first-order chi connectivity index (χ1) is 25.4. The number of hydrogen-bond donors (Lipinski definition) is 4. The first-order valence-electron chi connectivity index (χ1n) is 19.4. The summed E-state index contributed by atoms with van der Waals surface area (Å²) in [5.41, 5.74) is -0.427. The Hall–Kier alpha value is -4.49. The van der Waals surface area contributed by atoms with E-state index in [2.05, 4.69) is 21.3 Å². The molecule has 2 heterocycles. The number of likely N-dealkylation sites (N-methyl/N-ethyl adjacent to an activating group) is 1. The lowest BCUT2D eigenvalue weighted by molar-refractivity contribution is -0.144. The van der Waals surface area contributed by atoms with Gasteiger partial charge in [-0.25, -0.2) is 4.79 Å². The summed E-state index contributed by atoms with van der Waals surface area (Å²) in [6.07, 6.45) is 6.77. The number of ketones is 1. The topological polar surface area (TPSA) is 183 Å². The van der Waals surface area contributed by atoms with Crippen molar-refractivity contribution in [3.63, 3.8) is 0 Å². The number of nitrogens with zero attached hydrogens (tertiary/aromatic N) is 2. The van der Waals surface area contributed by atoms with Crippen LogP contribution in [0.1, 0.15) is 110 Å². The van der Waals surface area contributed by atoms with Crippen LogP contribution in [-0.2, 0) is 33.5 Å². The number of hydrogen-bond acceptors (Lipinski definition) is 8. The van der Waals surface area contributed by atoms with Crippen LogP contribution in [0.25, 0.3) is 0 Å². The van der Waals surface area contributed by atoms with Crippen molar-refractivity contribution in [1.82, 2.24) is 31.1 Å². The van der Waals surface area contributed by atoms with Gasteiger partial charge in [-0.2, -0.15) is 0 Å². The van der Waals surface area contributed by atoms with Gasteiger partial charge in [-0.3, -0.25) is 28.8 Å². The van der Waals surface area contributed by atoms with Crippen LogP contribution in [-0.4, -0.2) is 102 Å². The smallest absolute Gasteiger partial charge is 0.408 e. The Morgan fingerprint density at radius 2 is 1.52 bits per heavy atom. The van der Waals surface area contributed by atoms with Gasteiger partial charge < -0.3 is 35.8 Å². The van der Waals surface area contributed by atoms with Crippen LogP contribution in [0.5, 0.6) is 0 Å². The molecule has 1 aliphatic carbocycles. The molecule has 2 unspecified atom stereocenters. The van der Waals surface area contributed by atoms with Gasteiger partial charge in [0.05, 0.1) is 12.6 Å². The third-order valence-corrected chi connectivity index (χ3v) is 10.9. The Kier molecular flexibility index (Phi) is 14.3. The average Bonchev–Trinajstić information content (AvgIpc) is 3.41. The summed E-state index contributed by atoms with van der Waals surface area (Å²) in [5, 5.41) is 10.6. The summed E-state index contributed by atoms with van der Waals surface area (Å²) in [5.74, 6) is -3.99. The second-order valence-electron chi connectivity index (χ2n) is 16.7.